The molecule has 0 spiro atoms. The first-order chi connectivity index (χ1) is 11.1. The van der Waals surface area contributed by atoms with Crippen LogP contribution in [0.25, 0.3) is 10.9 Å². The van der Waals surface area contributed by atoms with Crippen molar-refractivity contribution in [1.82, 2.24) is 4.57 Å². The average Bonchev–Trinajstić information content (AvgIpc) is 2.82. The molecule has 2 heterocycles. The van der Waals surface area contributed by atoms with Crippen LogP contribution < -0.4 is 4.90 Å². The van der Waals surface area contributed by atoms with E-state index in [1.807, 2.05) is 42.3 Å². The van der Waals surface area contributed by atoms with Gasteiger partial charge in [0.2, 0.25) is 0 Å². The van der Waals surface area contributed by atoms with E-state index in [9.17, 15) is 4.79 Å². The molecule has 0 N–H and O–H groups in total. The molecule has 1 aliphatic heterocycles. The quantitative estimate of drug-likeness (QED) is 0.667. The Kier molecular flexibility index (Phi) is 3.05. The molecule has 0 aliphatic carbocycles. The first kappa shape index (κ1) is 14.1. The number of carbonyl (C=O) groups excluding carboxylic acids is 1. The summed E-state index contributed by atoms with van der Waals surface area (Å²) in [4.78, 5) is 15.0. The SMILES string of the molecule is Cc1cc(C)c2c(c1)c1c(n2C)C(=O)N(c2ccccc2)CC1. The first-order valence-electron chi connectivity index (χ1n) is 8.03. The lowest BCUT2D eigenvalue weighted by Crippen LogP contribution is -2.38. The molecule has 1 aliphatic rings. The van der Waals surface area contributed by atoms with Crippen molar-refractivity contribution in [2.45, 2.75) is 20.3 Å². The molecule has 0 fully saturated rings. The highest BCUT2D eigenvalue weighted by atomic mass is 16.2. The first-order valence-corrected chi connectivity index (χ1v) is 8.03. The van der Waals surface area contributed by atoms with Crippen LogP contribution in [-0.4, -0.2) is 17.0 Å². The molecule has 0 radical (unpaired) electrons. The van der Waals surface area contributed by atoms with E-state index in [2.05, 4.69) is 30.5 Å². The minimum absolute atomic E-state index is 0.105. The molecule has 3 aromatic rings. The molecule has 116 valence electrons. The zero-order chi connectivity index (χ0) is 16.1. The summed E-state index contributed by atoms with van der Waals surface area (Å²) in [6.45, 7) is 4.98. The minimum Gasteiger partial charge on any atom is -0.339 e. The fourth-order valence-corrected chi connectivity index (χ4v) is 3.91. The van der Waals surface area contributed by atoms with Crippen LogP contribution in [0.1, 0.15) is 27.2 Å². The Bertz CT molecular complexity index is 922. The minimum atomic E-state index is 0.105. The Balaban J connectivity index is 1.93. The highest BCUT2D eigenvalue weighted by molar-refractivity contribution is 6.11. The predicted octanol–water partition coefficient (Wildman–Crippen LogP) is 4.00. The Morgan fingerprint density at radius 3 is 2.52 bits per heavy atom. The van der Waals surface area contributed by atoms with E-state index in [0.717, 1.165) is 24.3 Å². The van der Waals surface area contributed by atoms with Gasteiger partial charge in [0, 0.05) is 24.7 Å². The number of para-hydroxylation sites is 1. The topological polar surface area (TPSA) is 25.2 Å². The van der Waals surface area contributed by atoms with Crippen molar-refractivity contribution >= 4 is 22.5 Å². The van der Waals surface area contributed by atoms with Crippen molar-refractivity contribution in [3.05, 3.63) is 64.8 Å². The lowest BCUT2D eigenvalue weighted by molar-refractivity contribution is 0.0973. The van der Waals surface area contributed by atoms with Crippen LogP contribution in [0.4, 0.5) is 5.69 Å². The van der Waals surface area contributed by atoms with Crippen LogP contribution in [-0.2, 0) is 13.5 Å². The Morgan fingerprint density at radius 1 is 1.04 bits per heavy atom. The molecule has 1 aromatic heterocycles. The lowest BCUT2D eigenvalue weighted by atomic mass is 10.00. The van der Waals surface area contributed by atoms with Gasteiger partial charge in [-0.15, -0.1) is 0 Å². The standard InChI is InChI=1S/C20H20N2O/c1-13-11-14(2)18-17(12-13)16-9-10-22(15-7-5-4-6-8-15)20(23)19(16)21(18)3/h4-8,11-12H,9-10H2,1-3H3. The maximum atomic E-state index is 13.1. The number of fused-ring (bicyclic) bond motifs is 3. The highest BCUT2D eigenvalue weighted by Crippen LogP contribution is 2.34. The van der Waals surface area contributed by atoms with E-state index >= 15 is 0 Å². The molecule has 2 aromatic carbocycles. The van der Waals surface area contributed by atoms with Crippen LogP contribution in [0.2, 0.25) is 0 Å². The predicted molar refractivity (Wildman–Crippen MR) is 94.2 cm³/mol. The van der Waals surface area contributed by atoms with E-state index < -0.39 is 0 Å². The van der Waals surface area contributed by atoms with Gasteiger partial charge in [-0.2, -0.15) is 0 Å². The number of benzene rings is 2. The van der Waals surface area contributed by atoms with Crippen molar-refractivity contribution in [1.29, 1.82) is 0 Å². The van der Waals surface area contributed by atoms with Crippen molar-refractivity contribution in [3.8, 4) is 0 Å². The molecule has 23 heavy (non-hydrogen) atoms. The number of anilines is 1. The van der Waals surface area contributed by atoms with Crippen LogP contribution in [0.15, 0.2) is 42.5 Å². The van der Waals surface area contributed by atoms with Gasteiger partial charge in [0.25, 0.3) is 5.91 Å². The molecule has 0 saturated heterocycles. The Hall–Kier alpha value is -2.55. The number of hydrogen-bond acceptors (Lipinski definition) is 1. The number of carbonyl (C=O) groups is 1. The Labute approximate surface area is 136 Å². The highest BCUT2D eigenvalue weighted by Gasteiger charge is 2.31. The summed E-state index contributed by atoms with van der Waals surface area (Å²) >= 11 is 0. The van der Waals surface area contributed by atoms with Gasteiger partial charge in [0.05, 0.1) is 5.52 Å². The maximum Gasteiger partial charge on any atom is 0.275 e. The molecule has 0 atom stereocenters. The van der Waals surface area contributed by atoms with Crippen LogP contribution in [0.5, 0.6) is 0 Å². The average molecular weight is 304 g/mol. The summed E-state index contributed by atoms with van der Waals surface area (Å²) in [7, 11) is 2.01. The number of nitrogens with zero attached hydrogens (tertiary/aromatic N) is 2. The normalized spacial score (nSPS) is 14.4. The number of aryl methyl sites for hydroxylation is 3. The van der Waals surface area contributed by atoms with Gasteiger partial charge < -0.3 is 9.47 Å². The summed E-state index contributed by atoms with van der Waals surface area (Å²) in [6, 6.07) is 14.3. The van der Waals surface area contributed by atoms with Crippen molar-refractivity contribution in [2.75, 3.05) is 11.4 Å². The molecule has 0 bridgehead atoms. The van der Waals surface area contributed by atoms with E-state index in [-0.39, 0.29) is 5.91 Å². The summed E-state index contributed by atoms with van der Waals surface area (Å²) in [6.07, 6.45) is 0.899. The van der Waals surface area contributed by atoms with Gasteiger partial charge in [-0.25, -0.2) is 0 Å². The number of aromatic nitrogens is 1. The fourth-order valence-electron chi connectivity index (χ4n) is 3.91. The van der Waals surface area contributed by atoms with Gasteiger partial charge in [-0.3, -0.25) is 4.79 Å². The molecule has 4 rings (SSSR count). The van der Waals surface area contributed by atoms with Gasteiger partial charge in [0.1, 0.15) is 5.69 Å². The number of rotatable bonds is 1. The summed E-state index contributed by atoms with van der Waals surface area (Å²) < 4.78 is 2.08. The van der Waals surface area contributed by atoms with Crippen LogP contribution in [0, 0.1) is 13.8 Å². The second-order valence-corrected chi connectivity index (χ2v) is 6.41. The number of hydrogen-bond donors (Lipinski definition) is 0. The lowest BCUT2D eigenvalue weighted by Gasteiger charge is -2.27. The second-order valence-electron chi connectivity index (χ2n) is 6.41. The van der Waals surface area contributed by atoms with Gasteiger partial charge in [-0.1, -0.05) is 29.8 Å². The smallest absolute Gasteiger partial charge is 0.275 e. The van der Waals surface area contributed by atoms with Gasteiger partial charge in [-0.05, 0) is 49.6 Å². The Morgan fingerprint density at radius 2 is 1.78 bits per heavy atom. The van der Waals surface area contributed by atoms with E-state index in [0.29, 0.717) is 0 Å². The zero-order valence-electron chi connectivity index (χ0n) is 13.8. The third-order valence-corrected chi connectivity index (χ3v) is 4.83. The van der Waals surface area contributed by atoms with Crippen molar-refractivity contribution in [2.24, 2.45) is 7.05 Å². The third kappa shape index (κ3) is 2.00. The van der Waals surface area contributed by atoms with Crippen molar-refractivity contribution < 1.29 is 4.79 Å². The summed E-state index contributed by atoms with van der Waals surface area (Å²) in [5.41, 5.74) is 6.68. The molecule has 0 unspecified atom stereocenters. The summed E-state index contributed by atoms with van der Waals surface area (Å²) in [5, 5.41) is 1.24. The van der Waals surface area contributed by atoms with E-state index in [4.69, 9.17) is 0 Å². The van der Waals surface area contributed by atoms with Crippen LogP contribution in [0.3, 0.4) is 0 Å². The maximum absolute atomic E-state index is 13.1. The molecular formula is C20H20N2O. The molecule has 1 amide bonds. The molecule has 0 saturated carbocycles. The van der Waals surface area contributed by atoms with E-state index in [1.165, 1.54) is 27.6 Å². The molecule has 3 heteroatoms. The van der Waals surface area contributed by atoms with Gasteiger partial charge >= 0.3 is 0 Å². The van der Waals surface area contributed by atoms with Crippen LogP contribution >= 0.6 is 0 Å². The fraction of sp³-hybridized carbons (Fsp3) is 0.250. The third-order valence-electron chi connectivity index (χ3n) is 4.83. The molecular weight excluding hydrogens is 284 g/mol. The van der Waals surface area contributed by atoms with Crippen molar-refractivity contribution in [3.63, 3.8) is 0 Å². The second kappa shape index (κ2) is 4.98. The van der Waals surface area contributed by atoms with Gasteiger partial charge in [0.15, 0.2) is 0 Å². The zero-order valence-corrected chi connectivity index (χ0v) is 13.8. The largest absolute Gasteiger partial charge is 0.339 e. The van der Waals surface area contributed by atoms with E-state index in [1.54, 1.807) is 0 Å². The molecule has 3 nitrogen and oxygen atoms in total. The monoisotopic (exact) mass is 304 g/mol. The summed E-state index contributed by atoms with van der Waals surface area (Å²) in [5.74, 6) is 0.105. The number of amides is 1.